The van der Waals surface area contributed by atoms with E-state index in [1.165, 1.54) is 19.1 Å². The highest BCUT2D eigenvalue weighted by atomic mass is 19.4. The molecule has 0 saturated heterocycles. The third-order valence-electron chi connectivity index (χ3n) is 6.03. The van der Waals surface area contributed by atoms with Crippen molar-refractivity contribution < 1.29 is 31.5 Å². The van der Waals surface area contributed by atoms with Gasteiger partial charge >= 0.3 is 12.2 Å². The number of hydrogen-bond acceptors (Lipinski definition) is 4. The Morgan fingerprint density at radius 3 is 2.31 bits per heavy atom. The van der Waals surface area contributed by atoms with Crippen molar-refractivity contribution in [2.24, 2.45) is 0 Å². The van der Waals surface area contributed by atoms with E-state index in [9.17, 15) is 31.5 Å². The number of urea groups is 1. The SMILES string of the molecule is CC1=C(C(=O)Nc2ccc3[nH]nc(Nc4cc(F)cc(F)c4)c3c2)C(c2ccc(C(F)(F)F)cc2)NC(=O)N1. The fourth-order valence-corrected chi connectivity index (χ4v) is 4.26. The minimum absolute atomic E-state index is 0.0928. The van der Waals surface area contributed by atoms with Crippen LogP contribution in [0.4, 0.5) is 43.9 Å². The molecule has 1 aromatic heterocycles. The van der Waals surface area contributed by atoms with Gasteiger partial charge in [-0.15, -0.1) is 0 Å². The van der Waals surface area contributed by atoms with Crippen molar-refractivity contribution in [1.29, 1.82) is 0 Å². The van der Waals surface area contributed by atoms with Gasteiger partial charge in [0.2, 0.25) is 0 Å². The van der Waals surface area contributed by atoms with Gasteiger partial charge in [-0.3, -0.25) is 9.89 Å². The number of hydrogen-bond donors (Lipinski definition) is 5. The van der Waals surface area contributed by atoms with Crippen molar-refractivity contribution >= 4 is 40.0 Å². The summed E-state index contributed by atoms with van der Waals surface area (Å²) in [5.41, 5.74) is 0.747. The second kappa shape index (κ2) is 9.74. The number of H-pyrrole nitrogens is 1. The first-order valence-corrected chi connectivity index (χ1v) is 11.5. The zero-order chi connectivity index (χ0) is 27.9. The number of anilines is 3. The summed E-state index contributed by atoms with van der Waals surface area (Å²) in [7, 11) is 0. The fraction of sp³-hybridized carbons (Fsp3) is 0.115. The molecule has 5 rings (SSSR count). The highest BCUT2D eigenvalue weighted by Gasteiger charge is 2.33. The Labute approximate surface area is 217 Å². The maximum atomic E-state index is 13.6. The zero-order valence-electron chi connectivity index (χ0n) is 20.0. The van der Waals surface area contributed by atoms with Crippen molar-refractivity contribution in [3.8, 4) is 0 Å². The molecule has 0 saturated carbocycles. The van der Waals surface area contributed by atoms with Crippen LogP contribution in [0.25, 0.3) is 10.9 Å². The first-order valence-electron chi connectivity index (χ1n) is 11.5. The van der Waals surface area contributed by atoms with E-state index < -0.39 is 41.4 Å². The Kier molecular flexibility index (Phi) is 6.42. The number of benzene rings is 3. The number of halogens is 5. The van der Waals surface area contributed by atoms with E-state index in [1.807, 2.05) is 0 Å². The number of aromatic nitrogens is 2. The van der Waals surface area contributed by atoms with Crippen LogP contribution in [0.2, 0.25) is 0 Å². The van der Waals surface area contributed by atoms with Gasteiger partial charge in [-0.25, -0.2) is 13.6 Å². The van der Waals surface area contributed by atoms with Crippen molar-refractivity contribution in [2.75, 3.05) is 10.6 Å². The summed E-state index contributed by atoms with van der Waals surface area (Å²) in [5.74, 6) is -1.92. The number of nitrogens with zero attached hydrogens (tertiary/aromatic N) is 1. The summed E-state index contributed by atoms with van der Waals surface area (Å²) < 4.78 is 66.2. The van der Waals surface area contributed by atoms with Gasteiger partial charge in [0, 0.05) is 28.5 Å². The van der Waals surface area contributed by atoms with E-state index in [4.69, 9.17) is 0 Å². The Bertz CT molecular complexity index is 1610. The number of aromatic amines is 1. The molecule has 2 heterocycles. The first-order chi connectivity index (χ1) is 18.5. The molecule has 39 heavy (non-hydrogen) atoms. The van der Waals surface area contributed by atoms with Gasteiger partial charge < -0.3 is 21.3 Å². The summed E-state index contributed by atoms with van der Waals surface area (Å²) in [6.45, 7) is 1.50. The summed E-state index contributed by atoms with van der Waals surface area (Å²) in [4.78, 5) is 25.5. The lowest BCUT2D eigenvalue weighted by Crippen LogP contribution is -2.46. The fourth-order valence-electron chi connectivity index (χ4n) is 4.26. The van der Waals surface area contributed by atoms with Crippen molar-refractivity contribution in [2.45, 2.75) is 19.1 Å². The van der Waals surface area contributed by atoms with E-state index in [2.05, 4.69) is 31.5 Å². The molecule has 0 aliphatic carbocycles. The Morgan fingerprint density at radius 2 is 1.64 bits per heavy atom. The highest BCUT2D eigenvalue weighted by molar-refractivity contribution is 6.08. The molecule has 1 unspecified atom stereocenters. The zero-order valence-corrected chi connectivity index (χ0v) is 20.0. The van der Waals surface area contributed by atoms with Crippen LogP contribution in [-0.4, -0.2) is 22.1 Å². The molecule has 5 N–H and O–H groups in total. The van der Waals surface area contributed by atoms with Crippen molar-refractivity contribution in [3.05, 3.63) is 94.7 Å². The maximum Gasteiger partial charge on any atom is 0.416 e. The molecule has 3 aromatic carbocycles. The van der Waals surface area contributed by atoms with E-state index >= 15 is 0 Å². The monoisotopic (exact) mass is 542 g/mol. The molecule has 0 fully saturated rings. The van der Waals surface area contributed by atoms with Gasteiger partial charge in [-0.05, 0) is 55.0 Å². The summed E-state index contributed by atoms with van der Waals surface area (Å²) in [6, 6.07) is 10.2. The lowest BCUT2D eigenvalue weighted by atomic mass is 9.94. The van der Waals surface area contributed by atoms with Crippen LogP contribution in [0, 0.1) is 11.6 Å². The Balaban J connectivity index is 1.42. The minimum Gasteiger partial charge on any atom is -0.338 e. The average molecular weight is 542 g/mol. The van der Waals surface area contributed by atoms with Crippen LogP contribution in [0.5, 0.6) is 0 Å². The third-order valence-corrected chi connectivity index (χ3v) is 6.03. The molecule has 1 aliphatic heterocycles. The minimum atomic E-state index is -4.54. The molecule has 1 aliphatic rings. The molecule has 8 nitrogen and oxygen atoms in total. The number of carbonyl (C=O) groups is 2. The first kappa shape index (κ1) is 25.7. The van der Waals surface area contributed by atoms with Gasteiger partial charge in [-0.2, -0.15) is 18.3 Å². The second-order valence-electron chi connectivity index (χ2n) is 8.76. The standard InChI is InChI=1S/C26H19F5N6O2/c1-12-21(22(35-25(39)32-12)13-2-4-14(5-3-13)26(29,30)31)24(38)34-17-6-7-20-19(11-17)23(37-36-20)33-18-9-15(27)8-16(28)10-18/h2-11,22H,1H3,(H,34,38)(H2,32,35,39)(H2,33,36,37). The number of amides is 3. The molecule has 3 amide bonds. The van der Waals surface area contributed by atoms with E-state index in [1.54, 1.807) is 18.2 Å². The maximum absolute atomic E-state index is 13.6. The van der Waals surface area contributed by atoms with Crippen LogP contribution in [0.15, 0.2) is 71.9 Å². The number of carbonyl (C=O) groups excluding carboxylic acids is 2. The largest absolute Gasteiger partial charge is 0.416 e. The van der Waals surface area contributed by atoms with Crippen LogP contribution in [-0.2, 0) is 11.0 Å². The summed E-state index contributed by atoms with van der Waals surface area (Å²) >= 11 is 0. The second-order valence-corrected chi connectivity index (χ2v) is 8.76. The Morgan fingerprint density at radius 1 is 0.949 bits per heavy atom. The normalized spacial score (nSPS) is 15.6. The molecule has 0 radical (unpaired) electrons. The average Bonchev–Trinajstić information content (AvgIpc) is 3.24. The molecule has 1 atom stereocenters. The molecular weight excluding hydrogens is 523 g/mol. The Hall–Kier alpha value is -4.94. The van der Waals surface area contributed by atoms with Gasteiger partial charge in [0.05, 0.1) is 22.7 Å². The predicted molar refractivity (Wildman–Crippen MR) is 133 cm³/mol. The predicted octanol–water partition coefficient (Wildman–Crippen LogP) is 5.87. The van der Waals surface area contributed by atoms with Crippen LogP contribution < -0.4 is 21.3 Å². The highest BCUT2D eigenvalue weighted by Crippen LogP contribution is 2.33. The number of alkyl halides is 3. The quantitative estimate of drug-likeness (QED) is 0.203. The van der Waals surface area contributed by atoms with Gasteiger partial charge in [-0.1, -0.05) is 12.1 Å². The van der Waals surface area contributed by atoms with E-state index in [0.717, 1.165) is 30.3 Å². The number of allylic oxidation sites excluding steroid dienone is 1. The summed E-state index contributed by atoms with van der Waals surface area (Å²) in [6.07, 6.45) is -4.54. The van der Waals surface area contributed by atoms with Gasteiger partial charge in [0.15, 0.2) is 5.82 Å². The summed E-state index contributed by atoms with van der Waals surface area (Å²) in [5, 5.41) is 18.0. The lowest BCUT2D eigenvalue weighted by Gasteiger charge is -2.29. The molecule has 0 bridgehead atoms. The van der Waals surface area contributed by atoms with E-state index in [-0.39, 0.29) is 28.3 Å². The third kappa shape index (κ3) is 5.37. The van der Waals surface area contributed by atoms with Gasteiger partial charge in [0.25, 0.3) is 5.91 Å². The van der Waals surface area contributed by atoms with Crippen LogP contribution >= 0.6 is 0 Å². The topological polar surface area (TPSA) is 111 Å². The van der Waals surface area contributed by atoms with E-state index in [0.29, 0.717) is 16.6 Å². The molecule has 200 valence electrons. The smallest absolute Gasteiger partial charge is 0.338 e. The van der Waals surface area contributed by atoms with Crippen molar-refractivity contribution in [3.63, 3.8) is 0 Å². The molecular formula is C26H19F5N6O2. The molecule has 0 spiro atoms. The lowest BCUT2D eigenvalue weighted by molar-refractivity contribution is -0.137. The van der Waals surface area contributed by atoms with Crippen LogP contribution in [0.1, 0.15) is 24.1 Å². The van der Waals surface area contributed by atoms with Gasteiger partial charge in [0.1, 0.15) is 11.6 Å². The van der Waals surface area contributed by atoms with Crippen molar-refractivity contribution in [1.82, 2.24) is 20.8 Å². The molecule has 13 heteroatoms. The number of fused-ring (bicyclic) bond motifs is 1. The number of nitrogens with one attached hydrogen (secondary N) is 5. The molecule has 4 aromatic rings. The van der Waals surface area contributed by atoms with Crippen LogP contribution in [0.3, 0.4) is 0 Å². The number of rotatable bonds is 5.